The van der Waals surface area contributed by atoms with Crippen molar-refractivity contribution in [1.82, 2.24) is 0 Å². The molecular weight excluding hydrogens is 289 g/mol. The highest BCUT2D eigenvalue weighted by Gasteiger charge is 2.17. The van der Waals surface area contributed by atoms with Gasteiger partial charge in [0, 0.05) is 5.02 Å². The van der Waals surface area contributed by atoms with Gasteiger partial charge in [0.25, 0.3) is 0 Å². The number of anilines is 1. The zero-order valence-electron chi connectivity index (χ0n) is 9.01. The Morgan fingerprint density at radius 2 is 2.06 bits per heavy atom. The number of benzene rings is 1. The van der Waals surface area contributed by atoms with Crippen LogP contribution in [-0.2, 0) is 0 Å². The van der Waals surface area contributed by atoms with Crippen LogP contribution in [0.25, 0.3) is 0 Å². The molecule has 0 aliphatic heterocycles. The highest BCUT2D eigenvalue weighted by Crippen LogP contribution is 2.35. The summed E-state index contributed by atoms with van der Waals surface area (Å²) >= 11 is 9.30. The molecule has 0 amide bonds. The molecule has 0 heterocycles. The van der Waals surface area contributed by atoms with Gasteiger partial charge < -0.3 is 10.5 Å². The van der Waals surface area contributed by atoms with E-state index in [0.29, 0.717) is 16.6 Å². The van der Waals surface area contributed by atoms with E-state index in [1.54, 1.807) is 6.07 Å². The normalized spacial score (nSPS) is 16.6. The number of rotatable bonds is 3. The topological polar surface area (TPSA) is 35.2 Å². The Kier molecular flexibility index (Phi) is 3.98. The smallest absolute Gasteiger partial charge is 0.156 e. The summed E-state index contributed by atoms with van der Waals surface area (Å²) in [6.07, 6.45) is 5.19. The van der Waals surface area contributed by atoms with E-state index in [1.807, 2.05) is 6.07 Å². The largest absolute Gasteiger partial charge is 0.490 e. The third-order valence-corrected chi connectivity index (χ3v) is 3.78. The molecule has 1 aromatic rings. The lowest BCUT2D eigenvalue weighted by Crippen LogP contribution is -2.09. The van der Waals surface area contributed by atoms with Crippen LogP contribution in [0.3, 0.4) is 0 Å². The third kappa shape index (κ3) is 2.83. The molecule has 0 unspecified atom stereocenters. The highest BCUT2D eigenvalue weighted by atomic mass is 79.9. The van der Waals surface area contributed by atoms with E-state index < -0.39 is 0 Å². The minimum atomic E-state index is 0.595. The van der Waals surface area contributed by atoms with E-state index in [1.165, 1.54) is 25.7 Å². The van der Waals surface area contributed by atoms with E-state index in [-0.39, 0.29) is 0 Å². The van der Waals surface area contributed by atoms with Crippen molar-refractivity contribution >= 4 is 33.2 Å². The third-order valence-electron chi connectivity index (χ3n) is 2.98. The van der Waals surface area contributed by atoms with E-state index in [9.17, 15) is 0 Å². The first-order chi connectivity index (χ1) is 7.66. The van der Waals surface area contributed by atoms with Crippen LogP contribution in [0, 0.1) is 5.92 Å². The molecule has 2 rings (SSSR count). The maximum Gasteiger partial charge on any atom is 0.156 e. The molecule has 1 aliphatic rings. The number of hydrogen-bond donors (Lipinski definition) is 1. The van der Waals surface area contributed by atoms with Gasteiger partial charge in [0.2, 0.25) is 0 Å². The van der Waals surface area contributed by atoms with Gasteiger partial charge in [-0.15, -0.1) is 0 Å². The van der Waals surface area contributed by atoms with Crippen LogP contribution in [0.1, 0.15) is 25.7 Å². The Labute approximate surface area is 109 Å². The van der Waals surface area contributed by atoms with Crippen molar-refractivity contribution in [2.75, 3.05) is 12.3 Å². The van der Waals surface area contributed by atoms with Crippen molar-refractivity contribution in [3.8, 4) is 5.75 Å². The van der Waals surface area contributed by atoms with Crippen molar-refractivity contribution in [1.29, 1.82) is 0 Å². The second-order valence-corrected chi connectivity index (χ2v) is 5.56. The molecule has 2 N–H and O–H groups in total. The predicted octanol–water partition coefficient (Wildman–Crippen LogP) is 4.25. The van der Waals surface area contributed by atoms with Crippen molar-refractivity contribution in [3.05, 3.63) is 21.6 Å². The summed E-state index contributed by atoms with van der Waals surface area (Å²) in [4.78, 5) is 0. The van der Waals surface area contributed by atoms with Crippen molar-refractivity contribution in [3.63, 3.8) is 0 Å². The minimum absolute atomic E-state index is 0.595. The highest BCUT2D eigenvalue weighted by molar-refractivity contribution is 9.10. The van der Waals surface area contributed by atoms with Crippen LogP contribution in [-0.4, -0.2) is 6.61 Å². The molecule has 1 saturated carbocycles. The van der Waals surface area contributed by atoms with Crippen molar-refractivity contribution in [2.24, 2.45) is 5.92 Å². The quantitative estimate of drug-likeness (QED) is 0.847. The molecule has 0 aromatic heterocycles. The lowest BCUT2D eigenvalue weighted by atomic mass is 10.1. The summed E-state index contributed by atoms with van der Waals surface area (Å²) in [5.41, 5.74) is 6.46. The maximum absolute atomic E-state index is 5.88. The van der Waals surface area contributed by atoms with Gasteiger partial charge in [-0.1, -0.05) is 24.4 Å². The molecule has 2 nitrogen and oxygen atoms in total. The van der Waals surface area contributed by atoms with E-state index in [4.69, 9.17) is 22.1 Å². The van der Waals surface area contributed by atoms with Crippen molar-refractivity contribution < 1.29 is 4.74 Å². The van der Waals surface area contributed by atoms with Gasteiger partial charge >= 0.3 is 0 Å². The molecule has 1 aromatic carbocycles. The molecule has 0 atom stereocenters. The molecule has 1 fully saturated rings. The molecule has 0 bridgehead atoms. The van der Waals surface area contributed by atoms with Gasteiger partial charge in [-0.2, -0.15) is 0 Å². The molecule has 0 saturated heterocycles. The summed E-state index contributed by atoms with van der Waals surface area (Å²) in [7, 11) is 0. The minimum Gasteiger partial charge on any atom is -0.490 e. The molecule has 88 valence electrons. The standard InChI is InChI=1S/C12H15BrClNO/c13-10-5-9(14)6-11(15)12(10)16-7-8-3-1-2-4-8/h5-6,8H,1-4,7,15H2. The van der Waals surface area contributed by atoms with Crippen LogP contribution >= 0.6 is 27.5 Å². The molecule has 4 heteroatoms. The summed E-state index contributed by atoms with van der Waals surface area (Å²) < 4.78 is 6.61. The van der Waals surface area contributed by atoms with Gasteiger partial charge in [-0.3, -0.25) is 0 Å². The van der Waals surface area contributed by atoms with Crippen molar-refractivity contribution in [2.45, 2.75) is 25.7 Å². The lowest BCUT2D eigenvalue weighted by molar-refractivity contribution is 0.252. The van der Waals surface area contributed by atoms with Crippen LogP contribution in [0.5, 0.6) is 5.75 Å². The Morgan fingerprint density at radius 1 is 1.38 bits per heavy atom. The van der Waals surface area contributed by atoms with Crippen LogP contribution < -0.4 is 10.5 Å². The number of nitrogens with two attached hydrogens (primary N) is 1. The van der Waals surface area contributed by atoms with Gasteiger partial charge in [-0.25, -0.2) is 0 Å². The van der Waals surface area contributed by atoms with Crippen LogP contribution in [0.2, 0.25) is 5.02 Å². The van der Waals surface area contributed by atoms with Gasteiger partial charge in [-0.05, 0) is 46.8 Å². The van der Waals surface area contributed by atoms with Crippen LogP contribution in [0.4, 0.5) is 5.69 Å². The molecule has 0 spiro atoms. The molecule has 0 radical (unpaired) electrons. The van der Waals surface area contributed by atoms with E-state index >= 15 is 0 Å². The first-order valence-corrected chi connectivity index (χ1v) is 6.71. The van der Waals surface area contributed by atoms with E-state index in [0.717, 1.165) is 16.8 Å². The van der Waals surface area contributed by atoms with Gasteiger partial charge in [0.05, 0.1) is 16.8 Å². The average Bonchev–Trinajstić information content (AvgIpc) is 2.68. The van der Waals surface area contributed by atoms with Crippen LogP contribution in [0.15, 0.2) is 16.6 Å². The average molecular weight is 305 g/mol. The fourth-order valence-corrected chi connectivity index (χ4v) is 3.06. The predicted molar refractivity (Wildman–Crippen MR) is 71.0 cm³/mol. The van der Waals surface area contributed by atoms with Gasteiger partial charge in [0.15, 0.2) is 5.75 Å². The monoisotopic (exact) mass is 303 g/mol. The Balaban J connectivity index is 2.03. The SMILES string of the molecule is Nc1cc(Cl)cc(Br)c1OCC1CCCC1. The fourth-order valence-electron chi connectivity index (χ4n) is 2.11. The second-order valence-electron chi connectivity index (χ2n) is 4.27. The Morgan fingerprint density at radius 3 is 2.69 bits per heavy atom. The Hall–Kier alpha value is -0.410. The summed E-state index contributed by atoms with van der Waals surface area (Å²) in [5.74, 6) is 1.40. The summed E-state index contributed by atoms with van der Waals surface area (Å²) in [6, 6.07) is 3.53. The number of ether oxygens (including phenoxy) is 1. The fraction of sp³-hybridized carbons (Fsp3) is 0.500. The zero-order chi connectivity index (χ0) is 11.5. The Bertz CT molecular complexity index is 354. The number of halogens is 2. The van der Waals surface area contributed by atoms with Gasteiger partial charge in [0.1, 0.15) is 0 Å². The second kappa shape index (κ2) is 5.28. The first kappa shape index (κ1) is 12.1. The molecule has 16 heavy (non-hydrogen) atoms. The number of hydrogen-bond acceptors (Lipinski definition) is 2. The summed E-state index contributed by atoms with van der Waals surface area (Å²) in [6.45, 7) is 0.754. The molecular formula is C12H15BrClNO. The lowest BCUT2D eigenvalue weighted by Gasteiger charge is -2.14. The summed E-state index contributed by atoms with van der Waals surface area (Å²) in [5, 5.41) is 0.623. The zero-order valence-corrected chi connectivity index (χ0v) is 11.4. The molecule has 1 aliphatic carbocycles. The first-order valence-electron chi connectivity index (χ1n) is 5.54. The van der Waals surface area contributed by atoms with E-state index in [2.05, 4.69) is 15.9 Å². The number of nitrogen functional groups attached to an aromatic ring is 1. The maximum atomic E-state index is 5.88.